The van der Waals surface area contributed by atoms with E-state index >= 15 is 0 Å². The first kappa shape index (κ1) is 15.3. The second kappa shape index (κ2) is 7.13. The maximum Gasteiger partial charge on any atom is 0.287 e. The normalized spacial score (nSPS) is 13.9. The van der Waals surface area contributed by atoms with Gasteiger partial charge in [0.05, 0.1) is 26.4 Å². The van der Waals surface area contributed by atoms with E-state index in [1.54, 1.807) is 7.11 Å². The summed E-state index contributed by atoms with van der Waals surface area (Å²) in [6.45, 7) is 2.43. The number of anilines is 1. The second-order valence-electron chi connectivity index (χ2n) is 5.62. The maximum absolute atomic E-state index is 12.6. The van der Waals surface area contributed by atoms with Crippen LogP contribution < -0.4 is 19.9 Å². The Kier molecular flexibility index (Phi) is 4.76. The fourth-order valence-electron chi connectivity index (χ4n) is 2.93. The van der Waals surface area contributed by atoms with E-state index in [-0.39, 0.29) is 5.91 Å². The molecule has 0 saturated carbocycles. The van der Waals surface area contributed by atoms with Crippen molar-refractivity contribution < 1.29 is 14.5 Å². The molecule has 1 saturated heterocycles. The molecular weight excluding hydrogens is 290 g/mol. The first-order valence-corrected chi connectivity index (χ1v) is 7.95. The first-order chi connectivity index (χ1) is 11.3. The Morgan fingerprint density at radius 1 is 1.22 bits per heavy atom. The summed E-state index contributed by atoms with van der Waals surface area (Å²) in [6.07, 6.45) is 4.21. The van der Waals surface area contributed by atoms with Crippen LogP contribution in [0.5, 0.6) is 5.75 Å². The van der Waals surface area contributed by atoms with Crippen molar-refractivity contribution in [2.75, 3.05) is 25.1 Å². The molecule has 5 heteroatoms. The molecule has 0 radical (unpaired) electrons. The van der Waals surface area contributed by atoms with E-state index in [1.807, 2.05) is 42.6 Å². The molecule has 1 aliphatic heterocycles. The number of benzene rings is 1. The lowest BCUT2D eigenvalue weighted by Crippen LogP contribution is -2.32. The van der Waals surface area contributed by atoms with Crippen LogP contribution in [0.1, 0.15) is 28.8 Å². The lowest BCUT2D eigenvalue weighted by molar-refractivity contribution is -0.364. The van der Waals surface area contributed by atoms with Crippen LogP contribution in [0.15, 0.2) is 42.6 Å². The van der Waals surface area contributed by atoms with Crippen molar-refractivity contribution in [3.63, 3.8) is 0 Å². The third-order valence-electron chi connectivity index (χ3n) is 4.13. The molecule has 1 fully saturated rings. The van der Waals surface area contributed by atoms with Crippen molar-refractivity contribution >= 4 is 11.7 Å². The summed E-state index contributed by atoms with van der Waals surface area (Å²) in [7, 11) is 1.64. The highest BCUT2D eigenvalue weighted by atomic mass is 16.5. The number of para-hydroxylation sites is 1. The minimum Gasteiger partial charge on any atom is -0.496 e. The van der Waals surface area contributed by atoms with Gasteiger partial charge in [0.25, 0.3) is 11.7 Å². The van der Waals surface area contributed by atoms with E-state index in [0.29, 0.717) is 12.1 Å². The van der Waals surface area contributed by atoms with Gasteiger partial charge in [-0.1, -0.05) is 18.2 Å². The molecular formula is C18H22N3O2+. The van der Waals surface area contributed by atoms with Crippen molar-refractivity contribution in [2.45, 2.75) is 19.4 Å². The Labute approximate surface area is 136 Å². The van der Waals surface area contributed by atoms with Crippen LogP contribution in [0.3, 0.4) is 0 Å². The van der Waals surface area contributed by atoms with Gasteiger partial charge in [0.15, 0.2) is 0 Å². The fraction of sp³-hybridized carbons (Fsp3) is 0.333. The van der Waals surface area contributed by atoms with Crippen molar-refractivity contribution in [3.05, 3.63) is 53.7 Å². The fourth-order valence-corrected chi connectivity index (χ4v) is 2.93. The van der Waals surface area contributed by atoms with Gasteiger partial charge in [-0.2, -0.15) is 0 Å². The van der Waals surface area contributed by atoms with Crippen molar-refractivity contribution in [2.24, 2.45) is 0 Å². The number of carbonyl (C=O) groups excluding carboxylic acids is 1. The van der Waals surface area contributed by atoms with E-state index in [0.717, 1.165) is 30.2 Å². The van der Waals surface area contributed by atoms with Crippen molar-refractivity contribution in [1.29, 1.82) is 0 Å². The first-order valence-electron chi connectivity index (χ1n) is 7.95. The minimum atomic E-state index is -0.0744. The van der Waals surface area contributed by atoms with E-state index in [4.69, 9.17) is 4.74 Å². The number of nitrogens with zero attached hydrogens (tertiary/aromatic N) is 1. The summed E-state index contributed by atoms with van der Waals surface area (Å²) < 4.78 is 5.32. The van der Waals surface area contributed by atoms with Crippen molar-refractivity contribution in [1.82, 2.24) is 5.32 Å². The number of aromatic amines is 1. The molecule has 2 N–H and O–H groups in total. The second-order valence-corrected chi connectivity index (χ2v) is 5.62. The smallest absolute Gasteiger partial charge is 0.287 e. The largest absolute Gasteiger partial charge is 0.496 e. The van der Waals surface area contributed by atoms with Crippen LogP contribution in [-0.2, 0) is 6.54 Å². The number of hydrogen-bond acceptors (Lipinski definition) is 3. The maximum atomic E-state index is 12.6. The van der Waals surface area contributed by atoms with Crippen LogP contribution in [0, 0.1) is 0 Å². The monoisotopic (exact) mass is 312 g/mol. The molecule has 2 aromatic rings. The van der Waals surface area contributed by atoms with Gasteiger partial charge in [-0.15, -0.1) is 0 Å². The Hall–Kier alpha value is -2.56. The third kappa shape index (κ3) is 3.44. The topological polar surface area (TPSA) is 55.7 Å². The highest BCUT2D eigenvalue weighted by molar-refractivity contribution is 5.98. The van der Waals surface area contributed by atoms with E-state index in [1.165, 1.54) is 12.8 Å². The average molecular weight is 312 g/mol. The SMILES string of the molecule is COc1ccccc1CNC(=O)c1ccc[nH+]c1N1CCCC1. The number of methoxy groups -OCH3 is 1. The molecule has 23 heavy (non-hydrogen) atoms. The molecule has 1 aromatic heterocycles. The zero-order chi connectivity index (χ0) is 16.1. The molecule has 120 valence electrons. The lowest BCUT2D eigenvalue weighted by atomic mass is 10.2. The van der Waals surface area contributed by atoms with Crippen LogP contribution in [0.2, 0.25) is 0 Å². The summed E-state index contributed by atoms with van der Waals surface area (Å²) in [5.41, 5.74) is 1.65. The quantitative estimate of drug-likeness (QED) is 0.919. The highest BCUT2D eigenvalue weighted by Crippen LogP contribution is 2.20. The molecule has 1 aromatic carbocycles. The van der Waals surface area contributed by atoms with Gasteiger partial charge >= 0.3 is 0 Å². The highest BCUT2D eigenvalue weighted by Gasteiger charge is 2.26. The number of H-pyrrole nitrogens is 1. The van der Waals surface area contributed by atoms with Crippen molar-refractivity contribution in [3.8, 4) is 5.75 Å². The number of aromatic nitrogens is 1. The molecule has 1 amide bonds. The molecule has 1 aliphatic rings. The van der Waals surface area contributed by atoms with Crippen LogP contribution in [0.4, 0.5) is 5.82 Å². The Morgan fingerprint density at radius 3 is 2.78 bits per heavy atom. The number of ether oxygens (including phenoxy) is 1. The third-order valence-corrected chi connectivity index (χ3v) is 4.13. The molecule has 5 nitrogen and oxygen atoms in total. The Bertz CT molecular complexity index is 681. The number of amides is 1. The summed E-state index contributed by atoms with van der Waals surface area (Å²) in [4.78, 5) is 18.1. The van der Waals surface area contributed by atoms with Crippen LogP contribution >= 0.6 is 0 Å². The molecule has 2 heterocycles. The van der Waals surface area contributed by atoms with E-state index < -0.39 is 0 Å². The van der Waals surface area contributed by atoms with Crippen LogP contribution in [0.25, 0.3) is 0 Å². The summed E-state index contributed by atoms with van der Waals surface area (Å²) in [5.74, 6) is 1.62. The Balaban J connectivity index is 1.73. The molecule has 0 aliphatic carbocycles. The predicted molar refractivity (Wildman–Crippen MR) is 88.6 cm³/mol. The van der Waals surface area contributed by atoms with Gasteiger partial charge in [-0.05, 0) is 31.0 Å². The lowest BCUT2D eigenvalue weighted by Gasteiger charge is -2.13. The molecule has 0 bridgehead atoms. The average Bonchev–Trinajstić information content (AvgIpc) is 3.14. The molecule has 0 unspecified atom stereocenters. The van der Waals surface area contributed by atoms with Gasteiger partial charge in [-0.3, -0.25) is 9.69 Å². The predicted octanol–water partition coefficient (Wildman–Crippen LogP) is 2.04. The number of pyridine rings is 1. The van der Waals surface area contributed by atoms with E-state index in [2.05, 4.69) is 15.2 Å². The summed E-state index contributed by atoms with van der Waals surface area (Å²) in [6, 6.07) is 11.4. The van der Waals surface area contributed by atoms with Crippen LogP contribution in [-0.4, -0.2) is 26.1 Å². The van der Waals surface area contributed by atoms with E-state index in [9.17, 15) is 4.79 Å². The zero-order valence-electron chi connectivity index (χ0n) is 13.3. The number of nitrogens with one attached hydrogen (secondary N) is 2. The Morgan fingerprint density at radius 2 is 2.00 bits per heavy atom. The number of rotatable bonds is 5. The molecule has 3 rings (SSSR count). The number of carbonyl (C=O) groups is 1. The minimum absolute atomic E-state index is 0.0744. The van der Waals surface area contributed by atoms with Gasteiger partial charge < -0.3 is 10.1 Å². The summed E-state index contributed by atoms with van der Waals surface area (Å²) >= 11 is 0. The molecule has 0 atom stereocenters. The molecule has 0 spiro atoms. The summed E-state index contributed by atoms with van der Waals surface area (Å²) in [5, 5.41) is 2.99. The zero-order valence-corrected chi connectivity index (χ0v) is 13.3. The number of hydrogen-bond donors (Lipinski definition) is 1. The van der Waals surface area contributed by atoms with Gasteiger partial charge in [-0.25, -0.2) is 4.98 Å². The van der Waals surface area contributed by atoms with Gasteiger partial charge in [0, 0.05) is 12.1 Å². The van der Waals surface area contributed by atoms with Gasteiger partial charge in [0.1, 0.15) is 11.3 Å². The van der Waals surface area contributed by atoms with Gasteiger partial charge in [0.2, 0.25) is 0 Å². The standard InChI is InChI=1S/C18H21N3O2/c1-23-16-9-3-2-7-14(16)13-20-18(22)15-8-6-10-19-17(15)21-11-4-5-12-21/h2-3,6-10H,4-5,11-13H2,1H3,(H,20,22)/p+1.